The van der Waals surface area contributed by atoms with Crippen molar-refractivity contribution in [1.29, 1.82) is 0 Å². The highest BCUT2D eigenvalue weighted by Gasteiger charge is 2.33. The van der Waals surface area contributed by atoms with E-state index >= 15 is 0 Å². The lowest BCUT2D eigenvalue weighted by Gasteiger charge is -2.31. The Morgan fingerprint density at radius 2 is 2.24 bits per heavy atom. The quantitative estimate of drug-likeness (QED) is 0.744. The van der Waals surface area contributed by atoms with E-state index in [2.05, 4.69) is 12.2 Å². The molecule has 0 bridgehead atoms. The molecule has 2 saturated heterocycles. The lowest BCUT2D eigenvalue weighted by atomic mass is 9.99. The summed E-state index contributed by atoms with van der Waals surface area (Å²) in [5.74, 6) is 0.714. The van der Waals surface area contributed by atoms with E-state index in [1.165, 1.54) is 0 Å². The van der Waals surface area contributed by atoms with E-state index < -0.39 is 5.60 Å². The molecule has 5 nitrogen and oxygen atoms in total. The highest BCUT2D eigenvalue weighted by molar-refractivity contribution is 5.74. The van der Waals surface area contributed by atoms with Gasteiger partial charge in [0.1, 0.15) is 5.60 Å². The number of piperidine rings is 1. The second kappa shape index (κ2) is 5.23. The van der Waals surface area contributed by atoms with Crippen LogP contribution in [0.4, 0.5) is 4.79 Å². The summed E-state index contributed by atoms with van der Waals surface area (Å²) in [5.41, 5.74) is -0.862. The maximum Gasteiger partial charge on any atom is 0.317 e. The van der Waals surface area contributed by atoms with Crippen molar-refractivity contribution < 1.29 is 14.6 Å². The van der Waals surface area contributed by atoms with Crippen molar-refractivity contribution in [2.75, 3.05) is 32.8 Å². The van der Waals surface area contributed by atoms with Gasteiger partial charge in [-0.1, -0.05) is 6.92 Å². The molecule has 0 radical (unpaired) electrons. The summed E-state index contributed by atoms with van der Waals surface area (Å²) in [7, 11) is 0. The van der Waals surface area contributed by atoms with E-state index in [9.17, 15) is 9.90 Å². The number of urea groups is 1. The van der Waals surface area contributed by atoms with Gasteiger partial charge in [-0.15, -0.1) is 0 Å². The van der Waals surface area contributed by atoms with Gasteiger partial charge in [0.2, 0.25) is 0 Å². The van der Waals surface area contributed by atoms with Crippen molar-refractivity contribution in [3.63, 3.8) is 0 Å². The Morgan fingerprint density at radius 3 is 2.82 bits per heavy atom. The van der Waals surface area contributed by atoms with Crippen LogP contribution < -0.4 is 5.32 Å². The first kappa shape index (κ1) is 12.6. The zero-order valence-electron chi connectivity index (χ0n) is 10.4. The van der Waals surface area contributed by atoms with E-state index in [1.54, 1.807) is 0 Å². The van der Waals surface area contributed by atoms with Gasteiger partial charge < -0.3 is 20.1 Å². The number of carbonyl (C=O) groups excluding carboxylic acids is 1. The van der Waals surface area contributed by atoms with Crippen LogP contribution in [-0.4, -0.2) is 54.5 Å². The largest absolute Gasteiger partial charge is 0.386 e. The maximum absolute atomic E-state index is 11.9. The molecule has 2 N–H and O–H groups in total. The second-order valence-electron chi connectivity index (χ2n) is 5.36. The lowest BCUT2D eigenvalue weighted by molar-refractivity contribution is 0.0277. The number of hydrogen-bond acceptors (Lipinski definition) is 3. The number of rotatable bonds is 2. The van der Waals surface area contributed by atoms with Gasteiger partial charge in [0.05, 0.1) is 13.2 Å². The van der Waals surface area contributed by atoms with Crippen LogP contribution in [0.15, 0.2) is 0 Å². The molecule has 0 saturated carbocycles. The van der Waals surface area contributed by atoms with Gasteiger partial charge in [0, 0.05) is 26.1 Å². The van der Waals surface area contributed by atoms with E-state index in [0.29, 0.717) is 25.6 Å². The average Bonchev–Trinajstić information content (AvgIpc) is 2.75. The Morgan fingerprint density at radius 1 is 1.53 bits per heavy atom. The highest BCUT2D eigenvalue weighted by Crippen LogP contribution is 2.18. The summed E-state index contributed by atoms with van der Waals surface area (Å²) in [6.45, 7) is 5.05. The molecule has 0 spiro atoms. The molecule has 2 fully saturated rings. The SMILES string of the molecule is CC1CCN(C(=O)NCC2(O)CCOC2)CC1. The third kappa shape index (κ3) is 3.33. The average molecular weight is 242 g/mol. The van der Waals surface area contributed by atoms with Crippen LogP contribution in [0.1, 0.15) is 26.2 Å². The first-order valence-corrected chi connectivity index (χ1v) is 6.42. The molecule has 2 aliphatic rings. The van der Waals surface area contributed by atoms with Crippen molar-refractivity contribution in [2.24, 2.45) is 5.92 Å². The van der Waals surface area contributed by atoms with Gasteiger partial charge in [0.15, 0.2) is 0 Å². The predicted octanol–water partition coefficient (Wildman–Crippen LogP) is 0.579. The van der Waals surface area contributed by atoms with Crippen LogP contribution in [0, 0.1) is 5.92 Å². The van der Waals surface area contributed by atoms with Crippen molar-refractivity contribution in [3.05, 3.63) is 0 Å². The molecule has 1 atom stereocenters. The minimum Gasteiger partial charge on any atom is -0.386 e. The second-order valence-corrected chi connectivity index (χ2v) is 5.36. The molecule has 17 heavy (non-hydrogen) atoms. The summed E-state index contributed by atoms with van der Waals surface area (Å²) in [6, 6.07) is -0.0581. The molecule has 2 aliphatic heterocycles. The third-order valence-corrected chi connectivity index (χ3v) is 3.72. The fourth-order valence-corrected chi connectivity index (χ4v) is 2.30. The number of aliphatic hydroxyl groups is 1. The monoisotopic (exact) mass is 242 g/mol. The zero-order valence-corrected chi connectivity index (χ0v) is 10.4. The Labute approximate surface area is 102 Å². The Kier molecular flexibility index (Phi) is 3.89. The predicted molar refractivity (Wildman–Crippen MR) is 63.8 cm³/mol. The van der Waals surface area contributed by atoms with E-state index in [4.69, 9.17) is 4.74 Å². The summed E-state index contributed by atoms with van der Waals surface area (Å²) < 4.78 is 5.14. The van der Waals surface area contributed by atoms with Gasteiger partial charge in [-0.05, 0) is 18.8 Å². The number of ether oxygens (including phenoxy) is 1. The van der Waals surface area contributed by atoms with Crippen molar-refractivity contribution >= 4 is 6.03 Å². The van der Waals surface area contributed by atoms with Crippen LogP contribution >= 0.6 is 0 Å². The summed E-state index contributed by atoms with van der Waals surface area (Å²) in [5, 5.41) is 12.8. The Balaban J connectivity index is 1.73. The van der Waals surface area contributed by atoms with Crippen molar-refractivity contribution in [3.8, 4) is 0 Å². The van der Waals surface area contributed by atoms with Crippen LogP contribution in [-0.2, 0) is 4.74 Å². The summed E-state index contributed by atoms with van der Waals surface area (Å²) in [6.07, 6.45) is 2.74. The molecule has 2 rings (SSSR count). The highest BCUT2D eigenvalue weighted by atomic mass is 16.5. The molecule has 1 unspecified atom stereocenters. The normalized spacial score (nSPS) is 30.6. The number of amides is 2. The first-order chi connectivity index (χ1) is 8.09. The molecule has 0 aromatic heterocycles. The molecule has 2 amide bonds. The van der Waals surface area contributed by atoms with Gasteiger partial charge in [-0.2, -0.15) is 0 Å². The standard InChI is InChI=1S/C12H22N2O3/c1-10-2-5-14(6-3-10)11(15)13-8-12(16)4-7-17-9-12/h10,16H,2-9H2,1H3,(H,13,15). The number of nitrogens with zero attached hydrogens (tertiary/aromatic N) is 1. The van der Waals surface area contributed by atoms with E-state index in [0.717, 1.165) is 25.9 Å². The van der Waals surface area contributed by atoms with Gasteiger partial charge in [0.25, 0.3) is 0 Å². The fraction of sp³-hybridized carbons (Fsp3) is 0.917. The number of nitrogens with one attached hydrogen (secondary N) is 1. The number of hydrogen-bond donors (Lipinski definition) is 2. The molecule has 98 valence electrons. The molecular weight excluding hydrogens is 220 g/mol. The number of carbonyl (C=O) groups is 1. The molecule has 2 heterocycles. The van der Waals surface area contributed by atoms with Gasteiger partial charge in [-0.3, -0.25) is 0 Å². The van der Waals surface area contributed by atoms with E-state index in [1.807, 2.05) is 4.90 Å². The lowest BCUT2D eigenvalue weighted by Crippen LogP contribution is -2.50. The van der Waals surface area contributed by atoms with Crippen LogP contribution in [0.25, 0.3) is 0 Å². The van der Waals surface area contributed by atoms with E-state index in [-0.39, 0.29) is 12.6 Å². The van der Waals surface area contributed by atoms with Crippen LogP contribution in [0.3, 0.4) is 0 Å². The summed E-state index contributed by atoms with van der Waals surface area (Å²) in [4.78, 5) is 13.7. The smallest absolute Gasteiger partial charge is 0.317 e. The topological polar surface area (TPSA) is 61.8 Å². The molecule has 0 aliphatic carbocycles. The maximum atomic E-state index is 11.9. The minimum atomic E-state index is -0.862. The molecule has 0 aromatic carbocycles. The molecular formula is C12H22N2O3. The van der Waals surface area contributed by atoms with Crippen molar-refractivity contribution in [1.82, 2.24) is 10.2 Å². The van der Waals surface area contributed by atoms with Crippen molar-refractivity contribution in [2.45, 2.75) is 31.8 Å². The Bertz CT molecular complexity index is 269. The van der Waals surface area contributed by atoms with Gasteiger partial charge >= 0.3 is 6.03 Å². The third-order valence-electron chi connectivity index (χ3n) is 3.72. The molecule has 0 aromatic rings. The number of likely N-dealkylation sites (tertiary alicyclic amines) is 1. The van der Waals surface area contributed by atoms with Crippen LogP contribution in [0.5, 0.6) is 0 Å². The first-order valence-electron chi connectivity index (χ1n) is 6.42. The van der Waals surface area contributed by atoms with Crippen LogP contribution in [0.2, 0.25) is 0 Å². The minimum absolute atomic E-state index is 0.0581. The summed E-state index contributed by atoms with van der Waals surface area (Å²) >= 11 is 0. The Hall–Kier alpha value is -0.810. The molecule has 5 heteroatoms. The zero-order chi connectivity index (χ0) is 12.3. The van der Waals surface area contributed by atoms with Gasteiger partial charge in [-0.25, -0.2) is 4.79 Å². The fourth-order valence-electron chi connectivity index (χ4n) is 2.30.